The van der Waals surface area contributed by atoms with Crippen molar-refractivity contribution < 1.29 is 8.81 Å². The van der Waals surface area contributed by atoms with Gasteiger partial charge < -0.3 is 15.1 Å². The van der Waals surface area contributed by atoms with E-state index >= 15 is 0 Å². The highest BCUT2D eigenvalue weighted by Gasteiger charge is 2.07. The third kappa shape index (κ3) is 4.03. The Kier molecular flexibility index (Phi) is 4.46. The van der Waals surface area contributed by atoms with Crippen molar-refractivity contribution in [2.24, 2.45) is 0 Å². The van der Waals surface area contributed by atoms with E-state index in [1.54, 1.807) is 18.2 Å². The van der Waals surface area contributed by atoms with Crippen LogP contribution in [0.25, 0.3) is 0 Å². The Balaban J connectivity index is 1.88. The van der Waals surface area contributed by atoms with Crippen LogP contribution in [-0.2, 0) is 13.1 Å². The van der Waals surface area contributed by atoms with Crippen LogP contribution in [0.2, 0.25) is 0 Å². The summed E-state index contributed by atoms with van der Waals surface area (Å²) in [4.78, 5) is 0. The summed E-state index contributed by atoms with van der Waals surface area (Å²) in [7, 11) is 0. The average Bonchev–Trinajstić information content (AvgIpc) is 2.83. The largest absolute Gasteiger partial charge is 0.407 e. The van der Waals surface area contributed by atoms with Crippen LogP contribution in [0.3, 0.4) is 0 Å². The maximum Gasteiger partial charge on any atom is 0.315 e. The summed E-state index contributed by atoms with van der Waals surface area (Å²) in [6.07, 6.45) is 0. The molecule has 5 nitrogen and oxygen atoms in total. The van der Waals surface area contributed by atoms with Crippen molar-refractivity contribution in [1.82, 2.24) is 15.5 Å². The molecule has 19 heavy (non-hydrogen) atoms. The van der Waals surface area contributed by atoms with E-state index in [0.29, 0.717) is 36.6 Å². The number of halogens is 1. The zero-order valence-electron chi connectivity index (χ0n) is 11.0. The van der Waals surface area contributed by atoms with E-state index < -0.39 is 0 Å². The van der Waals surface area contributed by atoms with E-state index in [4.69, 9.17) is 4.42 Å². The number of benzene rings is 1. The molecule has 2 rings (SSSR count). The topological polar surface area (TPSA) is 63.0 Å². The summed E-state index contributed by atoms with van der Waals surface area (Å²) >= 11 is 0. The second-order valence-electron chi connectivity index (χ2n) is 4.48. The van der Waals surface area contributed by atoms with Gasteiger partial charge in [-0.25, -0.2) is 4.39 Å². The van der Waals surface area contributed by atoms with Gasteiger partial charge in [0.15, 0.2) is 0 Å². The fraction of sp³-hybridized carbons (Fsp3) is 0.385. The summed E-state index contributed by atoms with van der Waals surface area (Å²) in [5.74, 6) is 0.251. The fourth-order valence-corrected chi connectivity index (χ4v) is 1.50. The minimum Gasteiger partial charge on any atom is -0.407 e. The number of hydrogen-bond donors (Lipinski definition) is 2. The monoisotopic (exact) mass is 264 g/mol. The van der Waals surface area contributed by atoms with Crippen molar-refractivity contribution in [2.45, 2.75) is 33.0 Å². The molecule has 0 spiro atoms. The molecule has 0 amide bonds. The van der Waals surface area contributed by atoms with Gasteiger partial charge in [0.25, 0.3) is 0 Å². The normalized spacial score (nSPS) is 10.9. The second-order valence-corrected chi connectivity index (χ2v) is 4.48. The lowest BCUT2D eigenvalue weighted by Gasteiger charge is -2.04. The predicted molar refractivity (Wildman–Crippen MR) is 70.0 cm³/mol. The summed E-state index contributed by atoms with van der Waals surface area (Å²) in [6, 6.07) is 7.21. The maximum absolute atomic E-state index is 13.4. The minimum absolute atomic E-state index is 0.254. The first-order valence-corrected chi connectivity index (χ1v) is 6.18. The Hall–Kier alpha value is -1.95. The summed E-state index contributed by atoms with van der Waals surface area (Å²) in [6.45, 7) is 4.90. The molecule has 0 aliphatic carbocycles. The van der Waals surface area contributed by atoms with Gasteiger partial charge in [0.1, 0.15) is 5.82 Å². The predicted octanol–water partition coefficient (Wildman–Crippen LogP) is 2.32. The molecule has 0 atom stereocenters. The molecule has 1 aromatic heterocycles. The SMILES string of the molecule is CC(C)NCc1nnc(NCc2ccccc2F)o1. The number of rotatable bonds is 6. The molecule has 0 fully saturated rings. The van der Waals surface area contributed by atoms with E-state index in [0.717, 1.165) is 0 Å². The lowest BCUT2D eigenvalue weighted by Crippen LogP contribution is -2.21. The van der Waals surface area contributed by atoms with Crippen molar-refractivity contribution in [3.8, 4) is 0 Å². The van der Waals surface area contributed by atoms with Crippen LogP contribution in [-0.4, -0.2) is 16.2 Å². The molecule has 2 aromatic rings. The number of anilines is 1. The second kappa shape index (κ2) is 6.29. The van der Waals surface area contributed by atoms with Crippen LogP contribution in [0, 0.1) is 5.82 Å². The molecule has 102 valence electrons. The van der Waals surface area contributed by atoms with Crippen molar-refractivity contribution >= 4 is 6.01 Å². The van der Waals surface area contributed by atoms with Crippen LogP contribution in [0.15, 0.2) is 28.7 Å². The van der Waals surface area contributed by atoms with Crippen LogP contribution >= 0.6 is 0 Å². The zero-order valence-corrected chi connectivity index (χ0v) is 11.0. The van der Waals surface area contributed by atoms with Gasteiger partial charge in [-0.2, -0.15) is 0 Å². The molecule has 0 aliphatic rings. The summed E-state index contributed by atoms with van der Waals surface area (Å²) in [5.41, 5.74) is 0.558. The van der Waals surface area contributed by atoms with E-state index in [2.05, 4.69) is 20.8 Å². The van der Waals surface area contributed by atoms with Crippen molar-refractivity contribution in [3.63, 3.8) is 0 Å². The third-order valence-electron chi connectivity index (χ3n) is 2.52. The lowest BCUT2D eigenvalue weighted by atomic mass is 10.2. The van der Waals surface area contributed by atoms with Crippen molar-refractivity contribution in [3.05, 3.63) is 41.5 Å². The first kappa shape index (κ1) is 13.5. The first-order chi connectivity index (χ1) is 9.15. The molecular weight excluding hydrogens is 247 g/mol. The van der Waals surface area contributed by atoms with Gasteiger partial charge in [-0.15, -0.1) is 5.10 Å². The smallest absolute Gasteiger partial charge is 0.315 e. The lowest BCUT2D eigenvalue weighted by molar-refractivity contribution is 0.458. The van der Waals surface area contributed by atoms with Crippen molar-refractivity contribution in [1.29, 1.82) is 0 Å². The van der Waals surface area contributed by atoms with Crippen LogP contribution in [0.4, 0.5) is 10.4 Å². The van der Waals surface area contributed by atoms with Gasteiger partial charge in [-0.3, -0.25) is 0 Å². The van der Waals surface area contributed by atoms with Gasteiger partial charge in [0.05, 0.1) is 6.54 Å². The molecular formula is C13H17FN4O. The highest BCUT2D eigenvalue weighted by Crippen LogP contribution is 2.10. The van der Waals surface area contributed by atoms with Gasteiger partial charge in [0.2, 0.25) is 5.89 Å². The minimum atomic E-state index is -0.254. The zero-order chi connectivity index (χ0) is 13.7. The molecule has 0 unspecified atom stereocenters. The Bertz CT molecular complexity index is 527. The Labute approximate surface area is 111 Å². The number of nitrogens with one attached hydrogen (secondary N) is 2. The molecule has 0 aliphatic heterocycles. The quantitative estimate of drug-likeness (QED) is 0.838. The van der Waals surface area contributed by atoms with Crippen LogP contribution < -0.4 is 10.6 Å². The van der Waals surface area contributed by atoms with E-state index in [-0.39, 0.29) is 5.82 Å². The summed E-state index contributed by atoms with van der Waals surface area (Å²) < 4.78 is 18.8. The highest BCUT2D eigenvalue weighted by atomic mass is 19.1. The molecule has 1 aromatic carbocycles. The Morgan fingerprint density at radius 2 is 2.00 bits per heavy atom. The molecule has 0 radical (unpaired) electrons. The Morgan fingerprint density at radius 1 is 1.21 bits per heavy atom. The molecule has 0 saturated carbocycles. The van der Waals surface area contributed by atoms with Gasteiger partial charge in [0, 0.05) is 18.2 Å². The average molecular weight is 264 g/mol. The highest BCUT2D eigenvalue weighted by molar-refractivity contribution is 5.24. The van der Waals surface area contributed by atoms with E-state index in [1.165, 1.54) is 6.07 Å². The van der Waals surface area contributed by atoms with Crippen LogP contribution in [0.5, 0.6) is 0 Å². The Morgan fingerprint density at radius 3 is 2.74 bits per heavy atom. The molecule has 0 bridgehead atoms. The fourth-order valence-electron chi connectivity index (χ4n) is 1.50. The van der Waals surface area contributed by atoms with E-state index in [1.807, 2.05) is 13.8 Å². The van der Waals surface area contributed by atoms with Crippen LogP contribution in [0.1, 0.15) is 25.3 Å². The molecule has 0 saturated heterocycles. The van der Waals surface area contributed by atoms with Crippen molar-refractivity contribution in [2.75, 3.05) is 5.32 Å². The van der Waals surface area contributed by atoms with Gasteiger partial charge in [-0.05, 0) is 6.07 Å². The number of aromatic nitrogens is 2. The van der Waals surface area contributed by atoms with Gasteiger partial charge >= 0.3 is 6.01 Å². The molecule has 1 heterocycles. The standard InChI is InChI=1S/C13H17FN4O/c1-9(2)15-8-12-17-18-13(19-12)16-7-10-5-3-4-6-11(10)14/h3-6,9,15H,7-8H2,1-2H3,(H,16,18). The number of nitrogens with zero attached hydrogens (tertiary/aromatic N) is 2. The molecule has 2 N–H and O–H groups in total. The van der Waals surface area contributed by atoms with E-state index in [9.17, 15) is 4.39 Å². The summed E-state index contributed by atoms with van der Waals surface area (Å²) in [5, 5.41) is 13.8. The molecule has 6 heteroatoms. The number of hydrogen-bond acceptors (Lipinski definition) is 5. The first-order valence-electron chi connectivity index (χ1n) is 6.18. The van der Waals surface area contributed by atoms with Gasteiger partial charge in [-0.1, -0.05) is 37.1 Å². The maximum atomic E-state index is 13.4. The third-order valence-corrected chi connectivity index (χ3v) is 2.52.